The molecule has 0 aliphatic carbocycles. The molecule has 0 radical (unpaired) electrons. The van der Waals surface area contributed by atoms with Crippen LogP contribution < -0.4 is 0 Å². The number of carboxylic acids is 3. The van der Waals surface area contributed by atoms with Gasteiger partial charge in [-0.3, -0.25) is 0 Å². The Morgan fingerprint density at radius 1 is 0.889 bits per heavy atom. The van der Waals surface area contributed by atoms with Crippen LogP contribution in [0.3, 0.4) is 0 Å². The number of hydrogen-bond donors (Lipinski definition) is 3. The fourth-order valence-electron chi connectivity index (χ4n) is 1.34. The average Bonchev–Trinajstić information content (AvgIpc) is 2.25. The molecular weight excluding hydrogens is 248 g/mol. The maximum atomic E-state index is 11.2. The van der Waals surface area contributed by atoms with Crippen molar-refractivity contribution >= 4 is 23.9 Å². The summed E-state index contributed by atoms with van der Waals surface area (Å²) in [6, 6.07) is 0. The van der Waals surface area contributed by atoms with Gasteiger partial charge in [0, 0.05) is 5.57 Å². The van der Waals surface area contributed by atoms with Gasteiger partial charge in [-0.15, -0.1) is 0 Å². The highest BCUT2D eigenvalue weighted by Crippen LogP contribution is 2.31. The Bertz CT molecular complexity index is 409. The van der Waals surface area contributed by atoms with Crippen molar-refractivity contribution in [3.8, 4) is 0 Å². The van der Waals surface area contributed by atoms with Gasteiger partial charge in [0.15, 0.2) is 0 Å². The lowest BCUT2D eigenvalue weighted by molar-refractivity contribution is -0.172. The van der Waals surface area contributed by atoms with Crippen LogP contribution in [0.2, 0.25) is 0 Å². The van der Waals surface area contributed by atoms with E-state index in [0.29, 0.717) is 0 Å². The highest BCUT2D eigenvalue weighted by Gasteiger charge is 2.57. The zero-order valence-electron chi connectivity index (χ0n) is 9.88. The van der Waals surface area contributed by atoms with E-state index in [1.165, 1.54) is 0 Å². The summed E-state index contributed by atoms with van der Waals surface area (Å²) in [7, 11) is 1.00. The van der Waals surface area contributed by atoms with Gasteiger partial charge in [0.1, 0.15) is 0 Å². The van der Waals surface area contributed by atoms with Crippen LogP contribution in [-0.4, -0.2) is 46.3 Å². The Kier molecular flexibility index (Phi) is 4.60. The van der Waals surface area contributed by atoms with E-state index < -0.39 is 34.9 Å². The lowest BCUT2D eigenvalue weighted by Gasteiger charge is -2.22. The Labute approximate surface area is 101 Å². The van der Waals surface area contributed by atoms with Crippen LogP contribution in [0.5, 0.6) is 0 Å². The number of ether oxygens (including phenoxy) is 1. The Hall–Kier alpha value is -2.38. The molecule has 0 aliphatic rings. The molecule has 3 N–H and O–H groups in total. The number of aliphatic carboxylic acids is 3. The Morgan fingerprint density at radius 2 is 1.22 bits per heavy atom. The minimum absolute atomic E-state index is 0.385. The molecule has 8 heteroatoms. The van der Waals surface area contributed by atoms with Crippen molar-refractivity contribution in [3.63, 3.8) is 0 Å². The lowest BCUT2D eigenvalue weighted by Crippen LogP contribution is -2.48. The predicted molar refractivity (Wildman–Crippen MR) is 55.7 cm³/mol. The van der Waals surface area contributed by atoms with Crippen molar-refractivity contribution in [2.45, 2.75) is 13.8 Å². The number of methoxy groups -OCH3 is 1. The zero-order valence-corrected chi connectivity index (χ0v) is 9.88. The zero-order chi connectivity index (χ0) is 14.7. The average molecular weight is 260 g/mol. The number of esters is 1. The van der Waals surface area contributed by atoms with Crippen LogP contribution in [0.25, 0.3) is 0 Å². The molecule has 0 fully saturated rings. The molecule has 0 heterocycles. The van der Waals surface area contributed by atoms with Crippen molar-refractivity contribution in [2.75, 3.05) is 7.11 Å². The lowest BCUT2D eigenvalue weighted by atomic mass is 9.78. The molecule has 0 rings (SSSR count). The molecule has 0 amide bonds. The van der Waals surface area contributed by atoms with Gasteiger partial charge in [-0.2, -0.15) is 0 Å². The normalized spacial score (nSPS) is 12.4. The van der Waals surface area contributed by atoms with E-state index in [1.54, 1.807) is 0 Å². The molecule has 18 heavy (non-hydrogen) atoms. The number of carbonyl (C=O) groups excluding carboxylic acids is 1. The van der Waals surface area contributed by atoms with Gasteiger partial charge in [-0.1, -0.05) is 0 Å². The molecular formula is C10H12O8. The maximum Gasteiger partial charge on any atom is 0.337 e. The second-order valence-electron chi connectivity index (χ2n) is 3.41. The molecule has 0 bridgehead atoms. The van der Waals surface area contributed by atoms with Gasteiger partial charge in [0.2, 0.25) is 0 Å². The van der Waals surface area contributed by atoms with Crippen LogP contribution in [-0.2, 0) is 23.9 Å². The molecule has 100 valence electrons. The second kappa shape index (κ2) is 5.30. The molecule has 8 nitrogen and oxygen atoms in total. The number of hydrogen-bond acceptors (Lipinski definition) is 5. The van der Waals surface area contributed by atoms with E-state index in [2.05, 4.69) is 4.74 Å². The summed E-state index contributed by atoms with van der Waals surface area (Å²) in [5, 5.41) is 26.7. The third kappa shape index (κ3) is 2.17. The minimum Gasteiger partial charge on any atom is -0.480 e. The Morgan fingerprint density at radius 3 is 1.44 bits per heavy atom. The van der Waals surface area contributed by atoms with E-state index in [0.717, 1.165) is 21.0 Å². The summed E-state index contributed by atoms with van der Waals surface area (Å²) in [4.78, 5) is 44.2. The van der Waals surface area contributed by atoms with Crippen molar-refractivity contribution in [3.05, 3.63) is 11.1 Å². The van der Waals surface area contributed by atoms with Crippen LogP contribution in [0.4, 0.5) is 0 Å². The molecule has 0 spiro atoms. The highest BCUT2D eigenvalue weighted by molar-refractivity contribution is 6.20. The number of carbonyl (C=O) groups is 4. The molecule has 0 atom stereocenters. The fourth-order valence-corrected chi connectivity index (χ4v) is 1.34. The topological polar surface area (TPSA) is 138 Å². The van der Waals surface area contributed by atoms with E-state index >= 15 is 0 Å². The summed E-state index contributed by atoms with van der Waals surface area (Å²) >= 11 is 0. The van der Waals surface area contributed by atoms with Gasteiger partial charge in [-0.25, -0.2) is 19.2 Å². The quantitative estimate of drug-likeness (QED) is 0.349. The summed E-state index contributed by atoms with van der Waals surface area (Å²) in [5.74, 6) is -7.28. The summed E-state index contributed by atoms with van der Waals surface area (Å²) in [5.41, 5.74) is -4.22. The standard InChI is InChI=1S/C10H12O8/c1-4(6(11)18-3)5(2)10(7(12)13,8(14)15)9(16)17/h1-3H3,(H,12,13)(H,14,15)(H,16,17). The first-order chi connectivity index (χ1) is 8.13. The van der Waals surface area contributed by atoms with Crippen LogP contribution in [0.1, 0.15) is 13.8 Å². The SMILES string of the molecule is COC(=O)C(C)=C(C)C(C(=O)O)(C(=O)O)C(=O)O. The third-order valence-electron chi connectivity index (χ3n) is 2.58. The first-order valence-electron chi connectivity index (χ1n) is 4.60. The van der Waals surface area contributed by atoms with Gasteiger partial charge < -0.3 is 20.1 Å². The van der Waals surface area contributed by atoms with Gasteiger partial charge in [0.05, 0.1) is 7.11 Å². The number of rotatable bonds is 5. The van der Waals surface area contributed by atoms with Crippen LogP contribution in [0.15, 0.2) is 11.1 Å². The van der Waals surface area contributed by atoms with Crippen molar-refractivity contribution in [1.29, 1.82) is 0 Å². The van der Waals surface area contributed by atoms with Crippen molar-refractivity contribution < 1.29 is 39.2 Å². The molecule has 0 saturated carbocycles. The van der Waals surface area contributed by atoms with Crippen molar-refractivity contribution in [1.82, 2.24) is 0 Å². The smallest absolute Gasteiger partial charge is 0.337 e. The van der Waals surface area contributed by atoms with E-state index in [-0.39, 0.29) is 5.57 Å². The highest BCUT2D eigenvalue weighted by atomic mass is 16.5. The number of carboxylic acid groups (broad SMARTS) is 3. The van der Waals surface area contributed by atoms with E-state index in [1.807, 2.05) is 0 Å². The van der Waals surface area contributed by atoms with E-state index in [4.69, 9.17) is 15.3 Å². The second-order valence-corrected chi connectivity index (χ2v) is 3.41. The minimum atomic E-state index is -3.21. The first-order valence-corrected chi connectivity index (χ1v) is 4.60. The Balaban J connectivity index is 6.22. The molecule has 0 aromatic rings. The molecule has 0 aliphatic heterocycles. The van der Waals surface area contributed by atoms with E-state index in [9.17, 15) is 19.2 Å². The molecule has 0 aromatic heterocycles. The molecule has 0 saturated heterocycles. The first kappa shape index (κ1) is 15.6. The monoisotopic (exact) mass is 260 g/mol. The molecule has 0 aromatic carbocycles. The predicted octanol–water partition coefficient (Wildman–Crippen LogP) is -0.264. The van der Waals surface area contributed by atoms with Crippen LogP contribution in [0, 0.1) is 5.41 Å². The summed E-state index contributed by atoms with van der Waals surface area (Å²) < 4.78 is 4.29. The van der Waals surface area contributed by atoms with Gasteiger partial charge in [0.25, 0.3) is 5.41 Å². The fraction of sp³-hybridized carbons (Fsp3) is 0.400. The third-order valence-corrected chi connectivity index (χ3v) is 2.58. The van der Waals surface area contributed by atoms with Gasteiger partial charge in [-0.05, 0) is 19.4 Å². The van der Waals surface area contributed by atoms with Crippen molar-refractivity contribution in [2.24, 2.45) is 5.41 Å². The van der Waals surface area contributed by atoms with Gasteiger partial charge >= 0.3 is 23.9 Å². The largest absolute Gasteiger partial charge is 0.480 e. The summed E-state index contributed by atoms with van der Waals surface area (Å²) in [6.45, 7) is 2.04. The molecule has 0 unspecified atom stereocenters. The summed E-state index contributed by atoms with van der Waals surface area (Å²) in [6.07, 6.45) is 0. The van der Waals surface area contributed by atoms with Crippen LogP contribution >= 0.6 is 0 Å². The maximum absolute atomic E-state index is 11.2.